The zero-order valence-electron chi connectivity index (χ0n) is 23.3. The fourth-order valence-electron chi connectivity index (χ4n) is 7.92. The minimum absolute atomic E-state index is 0.346. The van der Waals surface area contributed by atoms with Crippen LogP contribution in [0.3, 0.4) is 0 Å². The summed E-state index contributed by atoms with van der Waals surface area (Å²) in [5.41, 5.74) is 9.12. The molecule has 0 aromatic carbocycles. The van der Waals surface area contributed by atoms with Gasteiger partial charge in [0.1, 0.15) is 11.2 Å². The molecule has 2 saturated heterocycles. The van der Waals surface area contributed by atoms with Gasteiger partial charge in [-0.3, -0.25) is 9.11 Å². The van der Waals surface area contributed by atoms with E-state index in [1.165, 1.54) is 69.4 Å². The molecular weight excluding hydrogens is 510 g/mol. The van der Waals surface area contributed by atoms with Crippen LogP contribution in [0.5, 0.6) is 0 Å². The second-order valence-corrected chi connectivity index (χ2v) is 16.4. The third-order valence-electron chi connectivity index (χ3n) is 9.73. The van der Waals surface area contributed by atoms with Gasteiger partial charge in [-0.05, 0) is 95.9 Å². The molecule has 8 heteroatoms. The van der Waals surface area contributed by atoms with Crippen molar-refractivity contribution in [1.29, 1.82) is 0 Å². The van der Waals surface area contributed by atoms with Crippen molar-refractivity contribution < 1.29 is 4.21 Å². The van der Waals surface area contributed by atoms with Crippen LogP contribution in [0, 0.1) is 26.2 Å². The van der Waals surface area contributed by atoms with Crippen LogP contribution in [0.4, 0.5) is 0 Å². The first-order valence-electron chi connectivity index (χ1n) is 14.1. The fraction of sp³-hybridized carbons (Fsp3) is 0.567. The summed E-state index contributed by atoms with van der Waals surface area (Å²) >= 11 is 1.99. The van der Waals surface area contributed by atoms with Crippen molar-refractivity contribution in [3.8, 4) is 11.3 Å². The molecule has 3 fully saturated rings. The molecule has 0 amide bonds. The van der Waals surface area contributed by atoms with Gasteiger partial charge in [-0.1, -0.05) is 13.8 Å². The fourth-order valence-corrected chi connectivity index (χ4v) is 11.8. The molecule has 0 bridgehead atoms. The van der Waals surface area contributed by atoms with E-state index < -0.39 is 9.52 Å². The third kappa shape index (κ3) is 3.66. The van der Waals surface area contributed by atoms with Gasteiger partial charge < -0.3 is 4.98 Å². The molecule has 1 spiro atoms. The van der Waals surface area contributed by atoms with Gasteiger partial charge in [0, 0.05) is 58.1 Å². The third-order valence-corrected chi connectivity index (χ3v) is 13.4. The minimum Gasteiger partial charge on any atom is -0.346 e. The highest BCUT2D eigenvalue weighted by molar-refractivity contribution is 8.01. The number of likely N-dealkylation sites (tertiary alicyclic amines) is 1. The Morgan fingerprint density at radius 2 is 1.82 bits per heavy atom. The average Bonchev–Trinajstić information content (AvgIpc) is 3.53. The maximum absolute atomic E-state index is 12.1. The molecule has 0 atom stereocenters. The number of hydrogen-bond donors (Lipinski definition) is 1. The lowest BCUT2D eigenvalue weighted by Crippen LogP contribution is -2.70. The molecule has 202 valence electrons. The molecular formula is C30H39N5OS2. The summed E-state index contributed by atoms with van der Waals surface area (Å²) in [6, 6.07) is 0.708. The molecule has 1 aliphatic carbocycles. The first-order valence-corrected chi connectivity index (χ1v) is 17.0. The lowest BCUT2D eigenvalue weighted by molar-refractivity contribution is -0.0221. The number of aromatic nitrogens is 4. The zero-order chi connectivity index (χ0) is 26.6. The number of nitrogens with zero attached hydrogens (tertiary/aromatic N) is 4. The standard InChI is InChI=1S/C30H39N5OS2/c1-17(2)24-25-20(5)27(21-7-9-22(10-8-21)34-12-30(13-34)14-38(6,36)15-30)37-29(25)33-26(24)23-11-35-28(31-16-32-35)19(4)18(23)3/h11,16-17,21-22,33H,6-10,12-15H2,1-5H3. The Morgan fingerprint density at radius 1 is 1.11 bits per heavy atom. The van der Waals surface area contributed by atoms with Gasteiger partial charge in [0.15, 0.2) is 5.65 Å². The molecule has 4 aromatic rings. The van der Waals surface area contributed by atoms with Crippen molar-refractivity contribution in [3.63, 3.8) is 0 Å². The summed E-state index contributed by atoms with van der Waals surface area (Å²) < 4.78 is 14.0. The maximum Gasteiger partial charge on any atom is 0.158 e. The Bertz CT molecular complexity index is 1660. The van der Waals surface area contributed by atoms with E-state index in [4.69, 9.17) is 0 Å². The van der Waals surface area contributed by atoms with Crippen molar-refractivity contribution in [2.24, 2.45) is 5.41 Å². The number of fused-ring (bicyclic) bond motifs is 2. The average molecular weight is 550 g/mol. The van der Waals surface area contributed by atoms with Crippen LogP contribution in [-0.4, -0.2) is 65.2 Å². The van der Waals surface area contributed by atoms with Gasteiger partial charge in [0.05, 0.1) is 5.69 Å². The largest absolute Gasteiger partial charge is 0.346 e. The van der Waals surface area contributed by atoms with E-state index in [1.807, 2.05) is 15.9 Å². The van der Waals surface area contributed by atoms with Crippen molar-refractivity contribution >= 4 is 42.6 Å². The van der Waals surface area contributed by atoms with Gasteiger partial charge >= 0.3 is 0 Å². The summed E-state index contributed by atoms with van der Waals surface area (Å²) in [4.78, 5) is 13.9. The highest BCUT2D eigenvalue weighted by atomic mass is 32.2. The Balaban J connectivity index is 1.15. The second-order valence-electron chi connectivity index (χ2n) is 12.8. The van der Waals surface area contributed by atoms with E-state index >= 15 is 0 Å². The number of aromatic amines is 1. The van der Waals surface area contributed by atoms with Crippen LogP contribution in [0.25, 0.3) is 27.1 Å². The molecule has 6 heterocycles. The Morgan fingerprint density at radius 3 is 2.47 bits per heavy atom. The van der Waals surface area contributed by atoms with E-state index in [-0.39, 0.29) is 0 Å². The second kappa shape index (κ2) is 8.42. The predicted molar refractivity (Wildman–Crippen MR) is 160 cm³/mol. The summed E-state index contributed by atoms with van der Waals surface area (Å²) in [7, 11) is -1.74. The number of thiophene rings is 1. The van der Waals surface area contributed by atoms with Crippen LogP contribution in [-0.2, 0) is 9.52 Å². The van der Waals surface area contributed by atoms with Crippen LogP contribution in [0.2, 0.25) is 0 Å². The Kier molecular flexibility index (Phi) is 5.51. The molecule has 3 aliphatic rings. The van der Waals surface area contributed by atoms with E-state index in [1.54, 1.807) is 11.2 Å². The van der Waals surface area contributed by atoms with Gasteiger partial charge in [-0.2, -0.15) is 5.10 Å². The quantitative estimate of drug-likeness (QED) is 0.315. The van der Waals surface area contributed by atoms with Crippen LogP contribution < -0.4 is 0 Å². The molecule has 7 rings (SSSR count). The number of pyridine rings is 1. The summed E-state index contributed by atoms with van der Waals surface area (Å²) in [6.45, 7) is 13.6. The van der Waals surface area contributed by atoms with Crippen molar-refractivity contribution in [1.82, 2.24) is 24.5 Å². The molecule has 6 nitrogen and oxygen atoms in total. The number of H-pyrrole nitrogens is 1. The van der Waals surface area contributed by atoms with Crippen LogP contribution in [0.1, 0.15) is 78.5 Å². The zero-order valence-corrected chi connectivity index (χ0v) is 24.9. The number of aryl methyl sites for hydroxylation is 2. The molecule has 0 unspecified atom stereocenters. The number of nitrogens with one attached hydrogen (secondary N) is 1. The molecule has 1 saturated carbocycles. The van der Waals surface area contributed by atoms with Crippen LogP contribution in [0.15, 0.2) is 12.5 Å². The highest BCUT2D eigenvalue weighted by Gasteiger charge is 2.54. The predicted octanol–water partition coefficient (Wildman–Crippen LogP) is 6.05. The van der Waals surface area contributed by atoms with Crippen molar-refractivity contribution in [2.75, 3.05) is 24.6 Å². The van der Waals surface area contributed by atoms with Gasteiger partial charge in [-0.15, -0.1) is 11.3 Å². The summed E-state index contributed by atoms with van der Waals surface area (Å²) in [5.74, 6) is 6.71. The molecule has 4 aromatic heterocycles. The minimum atomic E-state index is -1.74. The first kappa shape index (κ1) is 24.9. The van der Waals surface area contributed by atoms with E-state index in [9.17, 15) is 4.21 Å². The van der Waals surface area contributed by atoms with Crippen molar-refractivity contribution in [2.45, 2.75) is 78.2 Å². The smallest absolute Gasteiger partial charge is 0.158 e. The van der Waals surface area contributed by atoms with E-state index in [2.05, 4.69) is 66.7 Å². The van der Waals surface area contributed by atoms with Crippen LogP contribution >= 0.6 is 11.3 Å². The van der Waals surface area contributed by atoms with E-state index in [0.717, 1.165) is 30.2 Å². The van der Waals surface area contributed by atoms with Gasteiger partial charge in [0.2, 0.25) is 0 Å². The first-order chi connectivity index (χ1) is 18.1. The monoisotopic (exact) mass is 549 g/mol. The molecule has 38 heavy (non-hydrogen) atoms. The lowest BCUT2D eigenvalue weighted by atomic mass is 9.77. The molecule has 1 N–H and O–H groups in total. The Hall–Kier alpha value is -2.16. The Labute approximate surface area is 229 Å². The molecule has 2 aliphatic heterocycles. The summed E-state index contributed by atoms with van der Waals surface area (Å²) in [5, 5.41) is 5.89. The molecule has 0 radical (unpaired) electrons. The van der Waals surface area contributed by atoms with E-state index in [0.29, 0.717) is 23.3 Å². The number of rotatable bonds is 4. The lowest BCUT2D eigenvalue weighted by Gasteiger charge is -2.59. The summed E-state index contributed by atoms with van der Waals surface area (Å²) in [6.07, 6.45) is 8.89. The topological polar surface area (TPSA) is 66.3 Å². The van der Waals surface area contributed by atoms with Crippen molar-refractivity contribution in [3.05, 3.63) is 39.7 Å². The van der Waals surface area contributed by atoms with Gasteiger partial charge in [0.25, 0.3) is 0 Å². The SMILES string of the molecule is C=S1(=O)CC2(CN(C3CCC(c4sc5[nH]c(-c6cn7ncnc7c(C)c6C)c(C(C)C)c5c4C)CC3)C2)C1. The maximum atomic E-state index is 12.1. The normalized spacial score (nSPS) is 24.9. The van der Waals surface area contributed by atoms with Gasteiger partial charge in [-0.25, -0.2) is 9.50 Å². The number of hydrogen-bond acceptors (Lipinski definition) is 5. The highest BCUT2D eigenvalue weighted by Crippen LogP contribution is 2.49.